The summed E-state index contributed by atoms with van der Waals surface area (Å²) in [6, 6.07) is 11.4. The number of aromatic amines is 1. The molecular weight excluding hydrogens is 345 g/mol. The zero-order valence-corrected chi connectivity index (χ0v) is 15.0. The average Bonchev–Trinajstić information content (AvgIpc) is 3.28. The number of aromatic nitrogens is 2. The fourth-order valence-corrected chi connectivity index (χ4v) is 4.38. The predicted octanol–water partition coefficient (Wildman–Crippen LogP) is 3.37. The third-order valence-electron chi connectivity index (χ3n) is 5.81. The highest BCUT2D eigenvalue weighted by atomic mass is 19.1. The van der Waals surface area contributed by atoms with Crippen molar-refractivity contribution < 1.29 is 13.9 Å². The van der Waals surface area contributed by atoms with E-state index < -0.39 is 5.82 Å². The second-order valence-electron chi connectivity index (χ2n) is 7.50. The van der Waals surface area contributed by atoms with Gasteiger partial charge in [0.25, 0.3) is 0 Å². The molecular formula is C21H22FN3O2. The Morgan fingerprint density at radius 1 is 1.26 bits per heavy atom. The molecule has 0 radical (unpaired) electrons. The summed E-state index contributed by atoms with van der Waals surface area (Å²) in [7, 11) is 0. The zero-order valence-electron chi connectivity index (χ0n) is 15.0. The molecule has 0 bridgehead atoms. The number of hydrogen-bond acceptors (Lipinski definition) is 4. The van der Waals surface area contributed by atoms with Gasteiger partial charge in [-0.2, -0.15) is 0 Å². The number of halogens is 1. The Bertz CT molecular complexity index is 951. The van der Waals surface area contributed by atoms with Crippen LogP contribution in [-0.4, -0.2) is 46.8 Å². The van der Waals surface area contributed by atoms with E-state index in [1.807, 2.05) is 6.20 Å². The van der Waals surface area contributed by atoms with Crippen LogP contribution < -0.4 is 4.74 Å². The smallest absolute Gasteiger partial charge is 0.250 e. The molecule has 1 aromatic carbocycles. The third-order valence-corrected chi connectivity index (χ3v) is 5.81. The van der Waals surface area contributed by atoms with Crippen molar-refractivity contribution in [2.45, 2.75) is 18.6 Å². The Balaban J connectivity index is 1.23. The van der Waals surface area contributed by atoms with Crippen molar-refractivity contribution in [1.82, 2.24) is 14.9 Å². The zero-order chi connectivity index (χ0) is 18.3. The Labute approximate surface area is 157 Å². The van der Waals surface area contributed by atoms with Gasteiger partial charge in [-0.25, -0.2) is 9.37 Å². The van der Waals surface area contributed by atoms with E-state index in [0.29, 0.717) is 6.61 Å². The molecule has 2 aliphatic rings. The maximum atomic E-state index is 13.7. The number of likely N-dealkylation sites (tertiary alicyclic amines) is 1. The summed E-state index contributed by atoms with van der Waals surface area (Å²) in [4.78, 5) is 9.64. The largest absolute Gasteiger partial charge is 0.475 e. The number of nitrogens with zero attached hydrogens (tertiary/aromatic N) is 2. The summed E-state index contributed by atoms with van der Waals surface area (Å²) in [5, 5.41) is 1.27. The Kier molecular flexibility index (Phi) is 4.10. The van der Waals surface area contributed by atoms with Crippen LogP contribution in [0.3, 0.4) is 0 Å². The van der Waals surface area contributed by atoms with Crippen LogP contribution in [0.2, 0.25) is 0 Å². The highest BCUT2D eigenvalue weighted by Crippen LogP contribution is 2.41. The first kappa shape index (κ1) is 16.7. The van der Waals surface area contributed by atoms with Gasteiger partial charge < -0.3 is 14.5 Å². The van der Waals surface area contributed by atoms with Gasteiger partial charge in [-0.05, 0) is 36.2 Å². The molecule has 0 unspecified atom stereocenters. The molecule has 2 fully saturated rings. The van der Waals surface area contributed by atoms with Crippen molar-refractivity contribution >= 4 is 10.9 Å². The molecule has 2 aliphatic heterocycles. The van der Waals surface area contributed by atoms with Gasteiger partial charge in [-0.15, -0.1) is 0 Å². The van der Waals surface area contributed by atoms with Crippen molar-refractivity contribution in [3.05, 3.63) is 60.2 Å². The predicted molar refractivity (Wildman–Crippen MR) is 100 cm³/mol. The van der Waals surface area contributed by atoms with Crippen LogP contribution in [0.1, 0.15) is 12.0 Å². The van der Waals surface area contributed by atoms with Gasteiger partial charge in [0, 0.05) is 55.5 Å². The minimum absolute atomic E-state index is 0.0786. The number of ether oxygens (including phenoxy) is 2. The van der Waals surface area contributed by atoms with E-state index >= 15 is 0 Å². The topological polar surface area (TPSA) is 50.4 Å². The van der Waals surface area contributed by atoms with E-state index in [4.69, 9.17) is 9.47 Å². The number of benzene rings is 1. The van der Waals surface area contributed by atoms with E-state index in [-0.39, 0.29) is 17.4 Å². The summed E-state index contributed by atoms with van der Waals surface area (Å²) in [5.74, 6) is -0.0756. The molecule has 2 saturated heterocycles. The molecule has 140 valence electrons. The summed E-state index contributed by atoms with van der Waals surface area (Å²) in [6.07, 6.45) is 4.47. The van der Waals surface area contributed by atoms with Crippen molar-refractivity contribution in [3.8, 4) is 5.88 Å². The second-order valence-corrected chi connectivity index (χ2v) is 7.50. The van der Waals surface area contributed by atoms with Crippen LogP contribution in [0.15, 0.2) is 48.8 Å². The molecule has 1 atom stereocenters. The Morgan fingerprint density at radius 2 is 2.19 bits per heavy atom. The van der Waals surface area contributed by atoms with Crippen molar-refractivity contribution in [2.75, 3.05) is 26.3 Å². The van der Waals surface area contributed by atoms with Crippen LogP contribution >= 0.6 is 0 Å². The maximum Gasteiger partial charge on any atom is 0.250 e. The van der Waals surface area contributed by atoms with E-state index in [1.54, 1.807) is 12.3 Å². The van der Waals surface area contributed by atoms with E-state index in [9.17, 15) is 4.39 Å². The molecule has 5 nitrogen and oxygen atoms in total. The van der Waals surface area contributed by atoms with Gasteiger partial charge >= 0.3 is 0 Å². The normalized spacial score (nSPS) is 21.6. The molecule has 1 N–H and O–H groups in total. The average molecular weight is 367 g/mol. The monoisotopic (exact) mass is 367 g/mol. The molecule has 5 rings (SSSR count). The second kappa shape index (κ2) is 6.62. The summed E-state index contributed by atoms with van der Waals surface area (Å²) in [6.45, 7) is 3.84. The van der Waals surface area contributed by atoms with E-state index in [2.05, 4.69) is 39.1 Å². The lowest BCUT2D eigenvalue weighted by molar-refractivity contribution is -0.140. The van der Waals surface area contributed by atoms with Crippen LogP contribution in [0.25, 0.3) is 10.9 Å². The lowest BCUT2D eigenvalue weighted by atomic mass is 9.81. The summed E-state index contributed by atoms with van der Waals surface area (Å²) < 4.78 is 25.5. The molecule has 0 aliphatic carbocycles. The SMILES string of the molecule is Fc1cccnc1OC[C@@H]1CCOC12CN(Cc1cccc3[nH]ccc13)C2. The molecule has 27 heavy (non-hydrogen) atoms. The molecule has 1 spiro atoms. The first-order valence-corrected chi connectivity index (χ1v) is 9.38. The summed E-state index contributed by atoms with van der Waals surface area (Å²) >= 11 is 0. The van der Waals surface area contributed by atoms with Gasteiger partial charge in [0.15, 0.2) is 5.82 Å². The lowest BCUT2D eigenvalue weighted by Gasteiger charge is -2.50. The summed E-state index contributed by atoms with van der Waals surface area (Å²) in [5.41, 5.74) is 2.32. The Hall–Kier alpha value is -2.44. The number of pyridine rings is 1. The number of rotatable bonds is 5. The quantitative estimate of drug-likeness (QED) is 0.751. The first-order chi connectivity index (χ1) is 13.2. The van der Waals surface area contributed by atoms with Gasteiger partial charge in [0.2, 0.25) is 5.88 Å². The van der Waals surface area contributed by atoms with E-state index in [0.717, 1.165) is 32.7 Å². The van der Waals surface area contributed by atoms with Gasteiger partial charge in [0.05, 0.1) is 12.2 Å². The number of hydrogen-bond donors (Lipinski definition) is 1. The van der Waals surface area contributed by atoms with Crippen LogP contribution in [0.5, 0.6) is 5.88 Å². The van der Waals surface area contributed by atoms with Crippen LogP contribution in [0, 0.1) is 11.7 Å². The van der Waals surface area contributed by atoms with Gasteiger partial charge in [-0.1, -0.05) is 12.1 Å². The molecule has 4 heterocycles. The van der Waals surface area contributed by atoms with Gasteiger partial charge in [0.1, 0.15) is 0 Å². The maximum absolute atomic E-state index is 13.7. The van der Waals surface area contributed by atoms with Crippen LogP contribution in [-0.2, 0) is 11.3 Å². The van der Waals surface area contributed by atoms with Crippen molar-refractivity contribution in [3.63, 3.8) is 0 Å². The first-order valence-electron chi connectivity index (χ1n) is 9.38. The molecule has 2 aromatic heterocycles. The number of nitrogens with one attached hydrogen (secondary N) is 1. The van der Waals surface area contributed by atoms with Crippen molar-refractivity contribution in [2.24, 2.45) is 5.92 Å². The van der Waals surface area contributed by atoms with Gasteiger partial charge in [-0.3, -0.25) is 4.90 Å². The third kappa shape index (κ3) is 2.99. The highest BCUT2D eigenvalue weighted by Gasteiger charge is 2.53. The minimum Gasteiger partial charge on any atom is -0.475 e. The molecule has 0 saturated carbocycles. The minimum atomic E-state index is -0.416. The number of fused-ring (bicyclic) bond motifs is 1. The highest BCUT2D eigenvalue weighted by molar-refractivity contribution is 5.82. The molecule has 6 heteroatoms. The Morgan fingerprint density at radius 3 is 3.07 bits per heavy atom. The van der Waals surface area contributed by atoms with Crippen LogP contribution in [0.4, 0.5) is 4.39 Å². The lowest BCUT2D eigenvalue weighted by Crippen LogP contribution is -2.64. The van der Waals surface area contributed by atoms with Crippen molar-refractivity contribution in [1.29, 1.82) is 0 Å². The fourth-order valence-electron chi connectivity index (χ4n) is 4.38. The fraction of sp³-hybridized carbons (Fsp3) is 0.381. The number of H-pyrrole nitrogens is 1. The molecule has 0 amide bonds. The molecule has 3 aromatic rings. The standard InChI is InChI=1S/C21H22FN3O2/c22-18-4-2-8-24-20(18)26-12-16-7-10-27-21(16)13-25(14-21)11-15-3-1-5-19-17(15)6-9-23-19/h1-6,8-9,16,23H,7,10-14H2/t16-/m0/s1. The van der Waals surface area contributed by atoms with E-state index in [1.165, 1.54) is 22.5 Å².